The number of anilines is 3. The molecule has 0 unspecified atom stereocenters. The minimum atomic E-state index is -1.40. The first-order valence-corrected chi connectivity index (χ1v) is 18.6. The molecule has 1 aliphatic heterocycles. The number of nitrogens with zero attached hydrogens (tertiary/aromatic N) is 1. The molecule has 1 saturated carbocycles. The molecule has 4 aliphatic rings. The summed E-state index contributed by atoms with van der Waals surface area (Å²) in [7, 11) is 1.51. The minimum absolute atomic E-state index is 0.00883. The van der Waals surface area contributed by atoms with Gasteiger partial charge in [-0.1, -0.05) is 96.6 Å². The summed E-state index contributed by atoms with van der Waals surface area (Å²) in [4.78, 5) is 60.8. The number of allylic oxidation sites excluding steroid dienone is 4. The lowest BCUT2D eigenvalue weighted by atomic mass is 9.44. The van der Waals surface area contributed by atoms with E-state index < -0.39 is 35.0 Å². The monoisotopic (exact) mass is 726 g/mol. The van der Waals surface area contributed by atoms with E-state index >= 15 is 9.59 Å². The van der Waals surface area contributed by atoms with Crippen molar-refractivity contribution in [3.8, 4) is 11.5 Å². The van der Waals surface area contributed by atoms with Crippen LogP contribution in [0.1, 0.15) is 35.4 Å². The van der Waals surface area contributed by atoms with Gasteiger partial charge in [0.25, 0.3) is 0 Å². The quantitative estimate of drug-likeness (QED) is 0.129. The second kappa shape index (κ2) is 13.4. The zero-order valence-corrected chi connectivity index (χ0v) is 30.1. The van der Waals surface area contributed by atoms with Gasteiger partial charge in [-0.05, 0) is 78.4 Å². The highest BCUT2D eigenvalue weighted by Gasteiger charge is 2.66. The van der Waals surface area contributed by atoms with Gasteiger partial charge in [-0.2, -0.15) is 0 Å². The number of hydrogen-bond donors (Lipinski definition) is 2. The summed E-state index contributed by atoms with van der Waals surface area (Å²) in [6.45, 7) is 0. The first-order valence-electron chi connectivity index (χ1n) is 18.6. The maximum Gasteiger partial charge on any atom is 0.238 e. The van der Waals surface area contributed by atoms with Crippen molar-refractivity contribution in [2.45, 2.75) is 24.2 Å². The molecule has 2 fully saturated rings. The van der Waals surface area contributed by atoms with Crippen molar-refractivity contribution < 1.29 is 29.0 Å². The topological polar surface area (TPSA) is 113 Å². The molecular weight excluding hydrogens is 689 g/mol. The predicted octanol–water partition coefficient (Wildman–Crippen LogP) is 8.17. The Morgan fingerprint density at radius 3 is 2.09 bits per heavy atom. The molecule has 5 aromatic rings. The maximum absolute atomic E-state index is 15.2. The van der Waals surface area contributed by atoms with Crippen molar-refractivity contribution in [3.05, 3.63) is 168 Å². The van der Waals surface area contributed by atoms with Gasteiger partial charge in [-0.3, -0.25) is 24.1 Å². The highest BCUT2D eigenvalue weighted by atomic mass is 16.5. The first-order chi connectivity index (χ1) is 26.8. The molecule has 0 aromatic heterocycles. The van der Waals surface area contributed by atoms with Gasteiger partial charge in [0.2, 0.25) is 11.8 Å². The van der Waals surface area contributed by atoms with E-state index in [1.54, 1.807) is 24.3 Å². The molecule has 0 bridgehead atoms. The van der Waals surface area contributed by atoms with Crippen LogP contribution in [-0.4, -0.2) is 35.6 Å². The predicted molar refractivity (Wildman–Crippen MR) is 210 cm³/mol. The number of fused-ring (bicyclic) bond motifs is 4. The average molecular weight is 727 g/mol. The third kappa shape index (κ3) is 5.35. The molecule has 3 aliphatic carbocycles. The molecule has 9 rings (SSSR count). The zero-order chi connectivity index (χ0) is 37.8. The number of amides is 2. The molecule has 5 aromatic carbocycles. The van der Waals surface area contributed by atoms with Crippen LogP contribution in [0.15, 0.2) is 151 Å². The fourth-order valence-electron chi connectivity index (χ4n) is 9.79. The SMILES string of the molecule is COc1cc(O)ccc1[C@H]1C2=CC[C@@H]3C(=O)N(c4ccc(Nc5ccccc5)cc4)C(=O)[C@@H]3[C@@H]2C[C@H]2C(=O)C(c3ccccc3)=CC(=O)[C@@]12c1ccccc1. The standard InChI is InChI=1S/C47H38N2O6/c1-55-40-25-33(50)21-22-35(40)43-34-23-24-36-42(46(54)49(45(36)53)32-19-17-31(18-20-32)48-30-15-9-4-10-16-30)38(34)26-39-44(52)37(28-11-5-2-6-12-28)27-41(51)47(39,43)29-13-7-3-8-14-29/h2-23,25,27,36,38-39,42-43,48,50H,24,26H2,1H3/t36-,38+,39-,42-,43+,47-/m0/s1. The van der Waals surface area contributed by atoms with Gasteiger partial charge in [-0.25, -0.2) is 0 Å². The molecule has 2 amide bonds. The Balaban J connectivity index is 1.19. The number of hydrogen-bond acceptors (Lipinski definition) is 7. The number of carbonyl (C=O) groups is 4. The van der Waals surface area contributed by atoms with Crippen LogP contribution in [0, 0.1) is 23.7 Å². The number of imide groups is 1. The van der Waals surface area contributed by atoms with Crippen molar-refractivity contribution in [1.29, 1.82) is 0 Å². The molecule has 1 saturated heterocycles. The molecule has 1 heterocycles. The second-order valence-corrected chi connectivity index (χ2v) is 14.8. The smallest absolute Gasteiger partial charge is 0.238 e. The van der Waals surface area contributed by atoms with Gasteiger partial charge in [0.05, 0.1) is 30.0 Å². The Morgan fingerprint density at radius 1 is 0.745 bits per heavy atom. The lowest BCUT2D eigenvalue weighted by molar-refractivity contribution is -0.135. The summed E-state index contributed by atoms with van der Waals surface area (Å²) in [6, 6.07) is 40.4. The van der Waals surface area contributed by atoms with E-state index in [1.807, 2.05) is 109 Å². The lowest BCUT2D eigenvalue weighted by Crippen LogP contribution is -2.58. The van der Waals surface area contributed by atoms with Crippen LogP contribution in [0.5, 0.6) is 11.5 Å². The van der Waals surface area contributed by atoms with Gasteiger partial charge in [0, 0.05) is 40.4 Å². The van der Waals surface area contributed by atoms with Crippen molar-refractivity contribution in [3.63, 3.8) is 0 Å². The second-order valence-electron chi connectivity index (χ2n) is 14.8. The van der Waals surface area contributed by atoms with E-state index in [9.17, 15) is 14.7 Å². The Morgan fingerprint density at radius 2 is 1.40 bits per heavy atom. The van der Waals surface area contributed by atoms with Gasteiger partial charge in [0.1, 0.15) is 11.5 Å². The molecule has 6 atom stereocenters. The fourth-order valence-corrected chi connectivity index (χ4v) is 9.79. The van der Waals surface area contributed by atoms with E-state index in [2.05, 4.69) is 5.32 Å². The van der Waals surface area contributed by atoms with Gasteiger partial charge in [-0.15, -0.1) is 0 Å². The number of ketones is 2. The maximum atomic E-state index is 15.2. The van der Waals surface area contributed by atoms with E-state index in [0.717, 1.165) is 16.9 Å². The number of aromatic hydroxyl groups is 1. The Kier molecular flexibility index (Phi) is 8.34. The largest absolute Gasteiger partial charge is 0.508 e. The van der Waals surface area contributed by atoms with Crippen molar-refractivity contribution in [2.24, 2.45) is 23.7 Å². The third-order valence-corrected chi connectivity index (χ3v) is 12.1. The number of para-hydroxylation sites is 1. The molecule has 55 heavy (non-hydrogen) atoms. The Labute approximate surface area is 318 Å². The number of ether oxygens (including phenoxy) is 1. The van der Waals surface area contributed by atoms with E-state index in [0.29, 0.717) is 40.1 Å². The number of phenols is 1. The molecule has 272 valence electrons. The lowest BCUT2D eigenvalue weighted by Gasteiger charge is -2.55. The number of carbonyl (C=O) groups excluding carboxylic acids is 4. The molecule has 8 nitrogen and oxygen atoms in total. The summed E-state index contributed by atoms with van der Waals surface area (Å²) in [5.41, 5.74) is 3.92. The summed E-state index contributed by atoms with van der Waals surface area (Å²) in [5.74, 6) is -4.18. The van der Waals surface area contributed by atoms with Crippen molar-refractivity contribution in [1.82, 2.24) is 0 Å². The van der Waals surface area contributed by atoms with Gasteiger partial charge < -0.3 is 15.2 Å². The van der Waals surface area contributed by atoms with Gasteiger partial charge in [0.15, 0.2) is 11.6 Å². The number of phenolic OH excluding ortho intramolecular Hbond substituents is 1. The van der Waals surface area contributed by atoms with Crippen LogP contribution in [0.3, 0.4) is 0 Å². The normalized spacial score (nSPS) is 25.7. The van der Waals surface area contributed by atoms with E-state index in [1.165, 1.54) is 24.2 Å². The third-order valence-electron chi connectivity index (χ3n) is 12.1. The number of benzene rings is 5. The summed E-state index contributed by atoms with van der Waals surface area (Å²) < 4.78 is 5.89. The van der Waals surface area contributed by atoms with Crippen molar-refractivity contribution >= 4 is 46.0 Å². The number of methoxy groups -OCH3 is 1. The van der Waals surface area contributed by atoms with Crippen LogP contribution in [0.2, 0.25) is 0 Å². The van der Waals surface area contributed by atoms with Crippen LogP contribution in [0.25, 0.3) is 5.57 Å². The van der Waals surface area contributed by atoms with Crippen LogP contribution >= 0.6 is 0 Å². The average Bonchev–Trinajstić information content (AvgIpc) is 3.48. The molecule has 0 spiro atoms. The molecular formula is C47H38N2O6. The van der Waals surface area contributed by atoms with E-state index in [-0.39, 0.29) is 35.6 Å². The Hall–Kier alpha value is -6.54. The van der Waals surface area contributed by atoms with Crippen molar-refractivity contribution in [2.75, 3.05) is 17.3 Å². The number of nitrogens with one attached hydrogen (secondary N) is 1. The van der Waals surface area contributed by atoms with Gasteiger partial charge >= 0.3 is 0 Å². The number of rotatable bonds is 7. The molecule has 8 heteroatoms. The minimum Gasteiger partial charge on any atom is -0.508 e. The number of Topliss-reactive ketones (excluding diaryl/α,β-unsaturated/α-hetero) is 1. The highest BCUT2D eigenvalue weighted by Crippen LogP contribution is 2.64. The first kappa shape index (κ1) is 34.2. The summed E-state index contributed by atoms with van der Waals surface area (Å²) >= 11 is 0. The van der Waals surface area contributed by atoms with E-state index in [4.69, 9.17) is 4.74 Å². The summed E-state index contributed by atoms with van der Waals surface area (Å²) in [5, 5.41) is 13.9. The molecule has 2 N–H and O–H groups in total. The zero-order valence-electron chi connectivity index (χ0n) is 30.1. The molecule has 0 radical (unpaired) electrons. The highest BCUT2D eigenvalue weighted by molar-refractivity contribution is 6.32. The fraction of sp³-hybridized carbons (Fsp3) is 0.191. The van der Waals surface area contributed by atoms with Crippen LogP contribution < -0.4 is 15.0 Å². The van der Waals surface area contributed by atoms with Crippen LogP contribution in [0.4, 0.5) is 17.1 Å². The summed E-state index contributed by atoms with van der Waals surface area (Å²) in [6.07, 6.45) is 4.01. The van der Waals surface area contributed by atoms with Crippen LogP contribution in [-0.2, 0) is 24.6 Å². The Bertz CT molecular complexity index is 2410.